The highest BCUT2D eigenvalue weighted by Gasteiger charge is 2.37. The van der Waals surface area contributed by atoms with Crippen LogP contribution in [0.1, 0.15) is 52.7 Å². The number of benzene rings is 1. The fraction of sp³-hybridized carbons (Fsp3) is 0.500. The number of rotatable bonds is 6. The predicted octanol–water partition coefficient (Wildman–Crippen LogP) is 5.69. The number of anilines is 2. The van der Waals surface area contributed by atoms with Gasteiger partial charge in [-0.05, 0) is 56.7 Å². The Morgan fingerprint density at radius 2 is 1.57 bits per heavy atom. The van der Waals surface area contributed by atoms with E-state index in [1.54, 1.807) is 13.2 Å². The van der Waals surface area contributed by atoms with Crippen molar-refractivity contribution in [3.8, 4) is 0 Å². The first-order valence-electron chi connectivity index (χ1n) is 10.7. The Hall–Kier alpha value is -2.76. The average molecular weight is 526 g/mol. The van der Waals surface area contributed by atoms with Crippen LogP contribution in [0.2, 0.25) is 0 Å². The van der Waals surface area contributed by atoms with Crippen molar-refractivity contribution in [3.63, 3.8) is 0 Å². The Morgan fingerprint density at radius 1 is 1.00 bits per heavy atom. The van der Waals surface area contributed by atoms with Crippen molar-refractivity contribution in [1.29, 1.82) is 0 Å². The highest BCUT2D eigenvalue weighted by atomic mass is 35.5. The summed E-state index contributed by atoms with van der Waals surface area (Å²) in [6.45, 7) is 2.05. The van der Waals surface area contributed by atoms with Crippen molar-refractivity contribution < 1.29 is 31.1 Å². The Labute approximate surface area is 204 Å². The quantitative estimate of drug-likeness (QED) is 0.423. The number of amides is 1. The maximum absolute atomic E-state index is 13.0. The minimum atomic E-state index is -5.00. The van der Waals surface area contributed by atoms with Gasteiger partial charge in [0.15, 0.2) is 0 Å². The molecule has 1 fully saturated rings. The molecule has 1 saturated carbocycles. The molecule has 3 N–H and O–H groups in total. The van der Waals surface area contributed by atoms with E-state index in [0.29, 0.717) is 18.1 Å². The molecule has 3 rings (SSSR count). The number of nitrogens with one attached hydrogen (secondary N) is 3. The summed E-state index contributed by atoms with van der Waals surface area (Å²) in [4.78, 5) is 21.0. The number of carbonyl (C=O) groups excluding carboxylic acids is 1. The maximum atomic E-state index is 13.0. The number of halogens is 7. The Kier molecular flexibility index (Phi) is 9.21. The van der Waals surface area contributed by atoms with Crippen molar-refractivity contribution in [3.05, 3.63) is 46.6 Å². The van der Waals surface area contributed by atoms with Gasteiger partial charge in [-0.2, -0.15) is 31.3 Å². The number of alkyl halides is 6. The monoisotopic (exact) mass is 525 g/mol. The lowest BCUT2D eigenvalue weighted by molar-refractivity contribution is -0.143. The maximum Gasteiger partial charge on any atom is 0.416 e. The highest BCUT2D eigenvalue weighted by molar-refractivity contribution is 5.94. The molecule has 0 unspecified atom stereocenters. The van der Waals surface area contributed by atoms with Crippen LogP contribution < -0.4 is 16.0 Å². The zero-order valence-corrected chi connectivity index (χ0v) is 19.8. The molecule has 1 aliphatic carbocycles. The summed E-state index contributed by atoms with van der Waals surface area (Å²) in [5, 5.41) is 8.74. The number of aromatic nitrogens is 2. The number of carbonyl (C=O) groups is 1. The number of hydrogen-bond acceptors (Lipinski definition) is 5. The van der Waals surface area contributed by atoms with E-state index in [-0.39, 0.29) is 37.0 Å². The van der Waals surface area contributed by atoms with Gasteiger partial charge in [0.2, 0.25) is 5.95 Å². The van der Waals surface area contributed by atoms with Gasteiger partial charge in [-0.3, -0.25) is 4.79 Å². The molecule has 13 heteroatoms. The average Bonchev–Trinajstić information content (AvgIpc) is 2.78. The van der Waals surface area contributed by atoms with Gasteiger partial charge in [-0.25, -0.2) is 4.98 Å². The molecule has 2 aromatic rings. The second kappa shape index (κ2) is 11.3. The van der Waals surface area contributed by atoms with E-state index in [4.69, 9.17) is 0 Å². The van der Waals surface area contributed by atoms with Gasteiger partial charge in [0, 0.05) is 37.0 Å². The zero-order chi connectivity index (χ0) is 25.1. The number of hydrogen-bond donors (Lipinski definition) is 3. The molecule has 194 valence electrons. The van der Waals surface area contributed by atoms with E-state index in [1.165, 1.54) is 0 Å². The van der Waals surface area contributed by atoms with Crippen LogP contribution in [0.15, 0.2) is 24.4 Å². The first-order chi connectivity index (χ1) is 15.9. The molecular weight excluding hydrogens is 500 g/mol. The summed E-state index contributed by atoms with van der Waals surface area (Å²) in [6.07, 6.45) is -5.34. The van der Waals surface area contributed by atoms with E-state index >= 15 is 0 Å². The Bertz CT molecular complexity index is 990. The third-order valence-corrected chi connectivity index (χ3v) is 5.79. The predicted molar refractivity (Wildman–Crippen MR) is 122 cm³/mol. The SMILES string of the molecule is CNc1nc(N[C@H]2CC[C@@H](CNC(=O)c3cc(C(F)(F)F)cc(C(F)(F)F)c3)CC2)ncc1C.Cl. The Morgan fingerprint density at radius 3 is 2.09 bits per heavy atom. The molecule has 0 bridgehead atoms. The zero-order valence-electron chi connectivity index (χ0n) is 19.0. The molecule has 1 heterocycles. The first kappa shape index (κ1) is 28.5. The largest absolute Gasteiger partial charge is 0.416 e. The van der Waals surface area contributed by atoms with Crippen molar-refractivity contribution >= 4 is 30.1 Å². The summed E-state index contributed by atoms with van der Waals surface area (Å²) in [5.41, 5.74) is -2.79. The lowest BCUT2D eigenvalue weighted by Gasteiger charge is -2.29. The van der Waals surface area contributed by atoms with Crippen LogP contribution >= 0.6 is 12.4 Å². The van der Waals surface area contributed by atoms with Crippen molar-refractivity contribution in [2.75, 3.05) is 24.2 Å². The molecule has 35 heavy (non-hydrogen) atoms. The van der Waals surface area contributed by atoms with Crippen molar-refractivity contribution in [2.45, 2.75) is 51.0 Å². The van der Waals surface area contributed by atoms with Gasteiger partial charge < -0.3 is 16.0 Å². The van der Waals surface area contributed by atoms with Gasteiger partial charge >= 0.3 is 12.4 Å². The minimum Gasteiger partial charge on any atom is -0.373 e. The number of aryl methyl sites for hydroxylation is 1. The summed E-state index contributed by atoms with van der Waals surface area (Å²) in [5.74, 6) is 0.306. The first-order valence-corrected chi connectivity index (χ1v) is 10.7. The summed E-state index contributed by atoms with van der Waals surface area (Å²) < 4.78 is 78.1. The molecule has 0 saturated heterocycles. The van der Waals surface area contributed by atoms with Crippen molar-refractivity contribution in [2.24, 2.45) is 5.92 Å². The molecule has 1 amide bonds. The molecular formula is C22H26ClF6N5O. The normalized spacial score (nSPS) is 18.4. The van der Waals surface area contributed by atoms with Gasteiger partial charge in [-0.15, -0.1) is 12.4 Å². The lowest BCUT2D eigenvalue weighted by Crippen LogP contribution is -2.34. The highest BCUT2D eigenvalue weighted by Crippen LogP contribution is 2.36. The van der Waals surface area contributed by atoms with Crippen LogP contribution in [0, 0.1) is 12.8 Å². The van der Waals surface area contributed by atoms with Gasteiger partial charge in [0.1, 0.15) is 5.82 Å². The molecule has 6 nitrogen and oxygen atoms in total. The van der Waals surface area contributed by atoms with Crippen LogP contribution in [0.3, 0.4) is 0 Å². The fourth-order valence-corrected chi connectivity index (χ4v) is 3.88. The van der Waals surface area contributed by atoms with E-state index in [2.05, 4.69) is 25.9 Å². The van der Waals surface area contributed by atoms with E-state index < -0.39 is 35.0 Å². The van der Waals surface area contributed by atoms with E-state index in [9.17, 15) is 31.1 Å². The van der Waals surface area contributed by atoms with Crippen LogP contribution in [-0.2, 0) is 12.4 Å². The summed E-state index contributed by atoms with van der Waals surface area (Å²) in [6, 6.07) is 0.998. The third-order valence-electron chi connectivity index (χ3n) is 5.79. The molecule has 0 radical (unpaired) electrons. The summed E-state index contributed by atoms with van der Waals surface area (Å²) in [7, 11) is 1.77. The van der Waals surface area contributed by atoms with Crippen LogP contribution in [0.5, 0.6) is 0 Å². The topological polar surface area (TPSA) is 78.9 Å². The molecule has 0 atom stereocenters. The number of nitrogens with zero attached hydrogens (tertiary/aromatic N) is 2. The molecule has 1 aromatic heterocycles. The molecule has 1 aromatic carbocycles. The lowest BCUT2D eigenvalue weighted by atomic mass is 9.86. The fourth-order valence-electron chi connectivity index (χ4n) is 3.88. The van der Waals surface area contributed by atoms with Crippen LogP contribution in [0.25, 0.3) is 0 Å². The van der Waals surface area contributed by atoms with Gasteiger partial charge in [-0.1, -0.05) is 0 Å². The standard InChI is InChI=1S/C22H25F6N5O.ClH/c1-12-10-31-20(33-18(12)29-2)32-17-5-3-13(4-6-17)11-30-19(34)14-7-15(21(23,24)25)9-16(8-14)22(26,27)28;/h7-10,13,17H,3-6,11H2,1-2H3,(H,30,34)(H2,29,31,32,33);1H/t13-,17+;. The van der Waals surface area contributed by atoms with E-state index in [1.807, 2.05) is 6.92 Å². The van der Waals surface area contributed by atoms with E-state index in [0.717, 1.165) is 37.1 Å². The van der Waals surface area contributed by atoms with Crippen LogP contribution in [0.4, 0.5) is 38.1 Å². The molecule has 0 aliphatic heterocycles. The molecule has 0 spiro atoms. The van der Waals surface area contributed by atoms with Crippen molar-refractivity contribution in [1.82, 2.24) is 15.3 Å². The van der Waals surface area contributed by atoms with Crippen LogP contribution in [-0.4, -0.2) is 35.5 Å². The Balaban J connectivity index is 0.00000432. The van der Waals surface area contributed by atoms with Gasteiger partial charge in [0.05, 0.1) is 11.1 Å². The summed E-state index contributed by atoms with van der Waals surface area (Å²) >= 11 is 0. The van der Waals surface area contributed by atoms with Gasteiger partial charge in [0.25, 0.3) is 5.91 Å². The second-order valence-corrected chi connectivity index (χ2v) is 8.34. The minimum absolute atomic E-state index is 0. The smallest absolute Gasteiger partial charge is 0.373 e. The molecule has 1 aliphatic rings. The third kappa shape index (κ3) is 7.61. The second-order valence-electron chi connectivity index (χ2n) is 8.34.